The Hall–Kier alpha value is -2.53. The Bertz CT molecular complexity index is 836. The van der Waals surface area contributed by atoms with Crippen LogP contribution in [0, 0.1) is 0 Å². The smallest absolute Gasteiger partial charge is 0.212 e. The highest BCUT2D eigenvalue weighted by Crippen LogP contribution is 2.30. The number of methoxy groups -OCH3 is 1. The van der Waals surface area contributed by atoms with Gasteiger partial charge in [0.1, 0.15) is 5.75 Å². The largest absolute Gasteiger partial charge is 0.497 e. The molecule has 124 valence electrons. The van der Waals surface area contributed by atoms with Gasteiger partial charge in [-0.1, -0.05) is 12.1 Å². The predicted molar refractivity (Wildman–Crippen MR) is 96.3 cm³/mol. The van der Waals surface area contributed by atoms with E-state index < -0.39 is 0 Å². The molecule has 2 N–H and O–H groups in total. The molecule has 1 aromatic carbocycles. The van der Waals surface area contributed by atoms with Crippen LogP contribution in [0.4, 0.5) is 11.6 Å². The minimum Gasteiger partial charge on any atom is -0.497 e. The Labute approximate surface area is 141 Å². The van der Waals surface area contributed by atoms with Crippen LogP contribution in [-0.4, -0.2) is 29.6 Å². The molecule has 5 heteroatoms. The third-order valence-electron chi connectivity index (χ3n) is 4.59. The average Bonchev–Trinajstić information content (AvgIpc) is 3.01. The monoisotopic (exact) mass is 322 g/mol. The van der Waals surface area contributed by atoms with Gasteiger partial charge in [-0.25, -0.2) is 4.98 Å². The number of aromatic nitrogens is 2. The normalized spacial score (nSPS) is 17.8. The highest BCUT2D eigenvalue weighted by atomic mass is 16.5. The first-order valence-corrected chi connectivity index (χ1v) is 8.44. The van der Waals surface area contributed by atoms with E-state index in [-0.39, 0.29) is 0 Å². The summed E-state index contributed by atoms with van der Waals surface area (Å²) in [5, 5.41) is 6.92. The average molecular weight is 322 g/mol. The SMILES string of the molecule is COc1cccc(Nc2nc([C@H]3CCCNC3)c3ccccn23)c1. The van der Waals surface area contributed by atoms with Crippen molar-refractivity contribution in [3.05, 3.63) is 54.4 Å². The van der Waals surface area contributed by atoms with Crippen molar-refractivity contribution in [1.82, 2.24) is 14.7 Å². The van der Waals surface area contributed by atoms with Crippen molar-refractivity contribution >= 4 is 17.2 Å². The zero-order valence-corrected chi connectivity index (χ0v) is 13.8. The quantitative estimate of drug-likeness (QED) is 0.771. The van der Waals surface area contributed by atoms with Crippen molar-refractivity contribution < 1.29 is 4.74 Å². The van der Waals surface area contributed by atoms with Crippen molar-refractivity contribution in [1.29, 1.82) is 0 Å². The van der Waals surface area contributed by atoms with Crippen LogP contribution in [0.25, 0.3) is 5.52 Å². The van der Waals surface area contributed by atoms with Crippen LogP contribution >= 0.6 is 0 Å². The maximum absolute atomic E-state index is 5.30. The summed E-state index contributed by atoms with van der Waals surface area (Å²) in [6.45, 7) is 2.11. The molecule has 0 unspecified atom stereocenters. The van der Waals surface area contributed by atoms with E-state index in [2.05, 4.69) is 33.4 Å². The Morgan fingerprint density at radius 2 is 2.21 bits per heavy atom. The van der Waals surface area contributed by atoms with Crippen LogP contribution in [0.1, 0.15) is 24.5 Å². The standard InChI is InChI=1S/C19H22N4O/c1-24-16-8-4-7-15(12-16)21-19-22-18(14-6-5-10-20-13-14)17-9-2-3-11-23(17)19/h2-4,7-9,11-12,14,20H,5-6,10,13H2,1H3,(H,21,22)/t14-/m0/s1. The van der Waals surface area contributed by atoms with Gasteiger partial charge in [0, 0.05) is 30.4 Å². The zero-order valence-electron chi connectivity index (χ0n) is 13.8. The summed E-state index contributed by atoms with van der Waals surface area (Å²) in [5.41, 5.74) is 3.32. The lowest BCUT2D eigenvalue weighted by Gasteiger charge is -2.21. The molecule has 2 aromatic heterocycles. The fourth-order valence-corrected chi connectivity index (χ4v) is 3.37. The highest BCUT2D eigenvalue weighted by molar-refractivity contribution is 5.64. The first-order valence-electron chi connectivity index (χ1n) is 8.44. The third-order valence-corrected chi connectivity index (χ3v) is 4.59. The van der Waals surface area contributed by atoms with Gasteiger partial charge < -0.3 is 15.4 Å². The van der Waals surface area contributed by atoms with E-state index in [1.807, 2.05) is 30.3 Å². The second-order valence-electron chi connectivity index (χ2n) is 6.18. The number of nitrogens with one attached hydrogen (secondary N) is 2. The number of hydrogen-bond donors (Lipinski definition) is 2. The Balaban J connectivity index is 1.72. The number of pyridine rings is 1. The molecule has 5 nitrogen and oxygen atoms in total. The summed E-state index contributed by atoms with van der Waals surface area (Å²) < 4.78 is 7.43. The van der Waals surface area contributed by atoms with Gasteiger partial charge in [0.05, 0.1) is 18.3 Å². The highest BCUT2D eigenvalue weighted by Gasteiger charge is 2.21. The molecular formula is C19H22N4O. The van der Waals surface area contributed by atoms with Crippen molar-refractivity contribution in [2.75, 3.05) is 25.5 Å². The van der Waals surface area contributed by atoms with Crippen molar-refractivity contribution in [2.24, 2.45) is 0 Å². The Morgan fingerprint density at radius 1 is 1.25 bits per heavy atom. The summed E-state index contributed by atoms with van der Waals surface area (Å²) in [7, 11) is 1.68. The topological polar surface area (TPSA) is 50.6 Å². The van der Waals surface area contributed by atoms with Gasteiger partial charge in [-0.05, 0) is 43.7 Å². The number of piperidine rings is 1. The number of imidazole rings is 1. The van der Waals surface area contributed by atoms with E-state index in [1.165, 1.54) is 24.1 Å². The number of nitrogens with zero attached hydrogens (tertiary/aromatic N) is 2. The van der Waals surface area contributed by atoms with E-state index in [4.69, 9.17) is 9.72 Å². The van der Waals surface area contributed by atoms with Crippen LogP contribution in [0.15, 0.2) is 48.7 Å². The molecule has 1 atom stereocenters. The van der Waals surface area contributed by atoms with Crippen LogP contribution in [-0.2, 0) is 0 Å². The lowest BCUT2D eigenvalue weighted by Crippen LogP contribution is -2.28. The van der Waals surface area contributed by atoms with E-state index in [9.17, 15) is 0 Å². The number of fused-ring (bicyclic) bond motifs is 1. The minimum absolute atomic E-state index is 0.469. The van der Waals surface area contributed by atoms with Gasteiger partial charge in [0.2, 0.25) is 5.95 Å². The molecule has 1 saturated heterocycles. The maximum Gasteiger partial charge on any atom is 0.212 e. The molecule has 0 aliphatic carbocycles. The first kappa shape index (κ1) is 15.0. The van der Waals surface area contributed by atoms with Gasteiger partial charge in [-0.2, -0.15) is 0 Å². The van der Waals surface area contributed by atoms with E-state index in [0.717, 1.165) is 30.5 Å². The molecule has 0 amide bonds. The lowest BCUT2D eigenvalue weighted by atomic mass is 9.95. The van der Waals surface area contributed by atoms with Crippen LogP contribution < -0.4 is 15.4 Å². The van der Waals surface area contributed by atoms with Crippen molar-refractivity contribution in [3.63, 3.8) is 0 Å². The summed E-state index contributed by atoms with van der Waals surface area (Å²) in [6, 6.07) is 14.2. The van der Waals surface area contributed by atoms with Gasteiger partial charge in [0.15, 0.2) is 0 Å². The van der Waals surface area contributed by atoms with E-state index >= 15 is 0 Å². The van der Waals surface area contributed by atoms with Gasteiger partial charge >= 0.3 is 0 Å². The van der Waals surface area contributed by atoms with Gasteiger partial charge in [0.25, 0.3) is 0 Å². The number of rotatable bonds is 4. The second-order valence-corrected chi connectivity index (χ2v) is 6.18. The minimum atomic E-state index is 0.469. The summed E-state index contributed by atoms with van der Waals surface area (Å²) in [4.78, 5) is 4.93. The molecule has 1 fully saturated rings. The summed E-state index contributed by atoms with van der Waals surface area (Å²) in [6.07, 6.45) is 4.45. The maximum atomic E-state index is 5.30. The number of benzene rings is 1. The van der Waals surface area contributed by atoms with Crippen LogP contribution in [0.3, 0.4) is 0 Å². The van der Waals surface area contributed by atoms with Gasteiger partial charge in [-0.15, -0.1) is 0 Å². The molecule has 0 spiro atoms. The van der Waals surface area contributed by atoms with Crippen molar-refractivity contribution in [2.45, 2.75) is 18.8 Å². The zero-order chi connectivity index (χ0) is 16.4. The number of hydrogen-bond acceptors (Lipinski definition) is 4. The summed E-state index contributed by atoms with van der Waals surface area (Å²) >= 11 is 0. The Morgan fingerprint density at radius 3 is 3.04 bits per heavy atom. The molecule has 0 radical (unpaired) electrons. The molecule has 1 aliphatic heterocycles. The molecule has 1 aliphatic rings. The fraction of sp³-hybridized carbons (Fsp3) is 0.316. The molecule has 0 saturated carbocycles. The lowest BCUT2D eigenvalue weighted by molar-refractivity contribution is 0.415. The molecule has 4 rings (SSSR count). The molecular weight excluding hydrogens is 300 g/mol. The second kappa shape index (κ2) is 6.53. The first-order chi connectivity index (χ1) is 11.8. The molecule has 3 aromatic rings. The molecule has 3 heterocycles. The summed E-state index contributed by atoms with van der Waals surface area (Å²) in [5.74, 6) is 2.15. The van der Waals surface area contributed by atoms with Crippen LogP contribution in [0.2, 0.25) is 0 Å². The Kier molecular flexibility index (Phi) is 4.09. The molecule has 0 bridgehead atoms. The van der Waals surface area contributed by atoms with E-state index in [1.54, 1.807) is 7.11 Å². The predicted octanol–water partition coefficient (Wildman–Crippen LogP) is 3.55. The number of anilines is 2. The molecule has 24 heavy (non-hydrogen) atoms. The fourth-order valence-electron chi connectivity index (χ4n) is 3.37. The van der Waals surface area contributed by atoms with Crippen molar-refractivity contribution in [3.8, 4) is 5.75 Å². The van der Waals surface area contributed by atoms with Crippen LogP contribution in [0.5, 0.6) is 5.75 Å². The number of ether oxygens (including phenoxy) is 1. The van der Waals surface area contributed by atoms with Gasteiger partial charge in [-0.3, -0.25) is 4.40 Å². The van der Waals surface area contributed by atoms with E-state index in [0.29, 0.717) is 5.92 Å². The third kappa shape index (κ3) is 2.83.